The molecule has 0 saturated carbocycles. The molecule has 3 rings (SSSR count). The van der Waals surface area contributed by atoms with Crippen molar-refractivity contribution >= 4 is 16.9 Å². The number of carbonyl (C=O) groups is 1. The van der Waals surface area contributed by atoms with E-state index in [-0.39, 0.29) is 5.57 Å². The van der Waals surface area contributed by atoms with Crippen LogP contribution in [0.2, 0.25) is 0 Å². The lowest BCUT2D eigenvalue weighted by Gasteiger charge is -2.06. The molecule has 1 heterocycles. The van der Waals surface area contributed by atoms with Crippen LogP contribution in [-0.4, -0.2) is 13.1 Å². The van der Waals surface area contributed by atoms with Gasteiger partial charge in [0, 0.05) is 17.0 Å². The van der Waals surface area contributed by atoms with Crippen molar-refractivity contribution in [2.24, 2.45) is 0 Å². The quantitative estimate of drug-likeness (QED) is 0.312. The number of carbonyl (C=O) groups excluding carboxylic acids is 1. The number of esters is 1. The second-order valence-corrected chi connectivity index (χ2v) is 5.55. The largest absolute Gasteiger partial charge is 0.497 e. The molecule has 0 aliphatic heterocycles. The highest BCUT2D eigenvalue weighted by Gasteiger charge is 2.11. The molecule has 3 aromatic rings. The fraction of sp³-hybridized carbons (Fsp3) is 0.100. The summed E-state index contributed by atoms with van der Waals surface area (Å²) in [5.41, 5.74) is 1.34. The first-order valence-corrected chi connectivity index (χ1v) is 7.58. The molecule has 0 N–H and O–H groups in total. The highest BCUT2D eigenvalue weighted by molar-refractivity contribution is 5.90. The molecule has 25 heavy (non-hydrogen) atoms. The summed E-state index contributed by atoms with van der Waals surface area (Å²) in [6, 6.07) is 13.8. The number of hydrogen-bond donors (Lipinski definition) is 0. The molecular weight excluding hydrogens is 320 g/mol. The predicted molar refractivity (Wildman–Crippen MR) is 94.9 cm³/mol. The van der Waals surface area contributed by atoms with Crippen LogP contribution in [0.5, 0.6) is 11.5 Å². The average molecular weight is 336 g/mol. The van der Waals surface area contributed by atoms with Crippen LogP contribution in [-0.2, 0) is 4.79 Å². The zero-order valence-electron chi connectivity index (χ0n) is 13.9. The molecule has 0 saturated heterocycles. The van der Waals surface area contributed by atoms with Crippen LogP contribution in [0, 0.1) is 0 Å². The summed E-state index contributed by atoms with van der Waals surface area (Å²) in [5, 5.41) is 0.723. The Bertz CT molecular complexity index is 1010. The van der Waals surface area contributed by atoms with Crippen molar-refractivity contribution in [3.05, 3.63) is 71.1 Å². The summed E-state index contributed by atoms with van der Waals surface area (Å²) < 4.78 is 15.7. The molecule has 0 atom stereocenters. The lowest BCUT2D eigenvalue weighted by molar-refractivity contribution is -0.130. The first-order valence-electron chi connectivity index (χ1n) is 7.58. The molecular formula is C20H16O5. The van der Waals surface area contributed by atoms with Crippen molar-refractivity contribution < 1.29 is 18.7 Å². The van der Waals surface area contributed by atoms with Crippen molar-refractivity contribution in [1.29, 1.82) is 0 Å². The topological polar surface area (TPSA) is 65.7 Å². The Balaban J connectivity index is 2.00. The second-order valence-electron chi connectivity index (χ2n) is 5.55. The van der Waals surface area contributed by atoms with Crippen LogP contribution in [0.15, 0.2) is 69.9 Å². The van der Waals surface area contributed by atoms with E-state index >= 15 is 0 Å². The molecule has 0 fully saturated rings. The fourth-order valence-corrected chi connectivity index (χ4v) is 2.32. The molecule has 0 aliphatic rings. The van der Waals surface area contributed by atoms with E-state index in [0.29, 0.717) is 22.6 Å². The molecule has 0 bridgehead atoms. The monoisotopic (exact) mass is 336 g/mol. The van der Waals surface area contributed by atoms with Gasteiger partial charge in [0.15, 0.2) is 0 Å². The number of hydrogen-bond acceptors (Lipinski definition) is 5. The molecule has 0 unspecified atom stereocenters. The number of rotatable bonds is 4. The van der Waals surface area contributed by atoms with Gasteiger partial charge in [-0.25, -0.2) is 9.59 Å². The van der Waals surface area contributed by atoms with E-state index in [4.69, 9.17) is 13.9 Å². The lowest BCUT2D eigenvalue weighted by atomic mass is 10.1. The third-order valence-corrected chi connectivity index (χ3v) is 3.67. The van der Waals surface area contributed by atoms with E-state index in [1.807, 2.05) is 0 Å². The van der Waals surface area contributed by atoms with Crippen LogP contribution in [0.3, 0.4) is 0 Å². The molecule has 0 amide bonds. The SMILES string of the molecule is C=C(C)C(=O)Oc1ccc2cc(-c3ccc(OC)cc3)c(=O)oc2c1. The zero-order chi connectivity index (χ0) is 18.0. The Labute approximate surface area is 144 Å². The van der Waals surface area contributed by atoms with E-state index in [0.717, 1.165) is 10.9 Å². The van der Waals surface area contributed by atoms with Gasteiger partial charge in [-0.1, -0.05) is 18.7 Å². The Morgan fingerprint density at radius 3 is 2.36 bits per heavy atom. The zero-order valence-corrected chi connectivity index (χ0v) is 13.9. The molecule has 126 valence electrons. The third-order valence-electron chi connectivity index (χ3n) is 3.67. The normalized spacial score (nSPS) is 10.5. The minimum absolute atomic E-state index is 0.288. The van der Waals surface area contributed by atoms with Gasteiger partial charge in [-0.05, 0) is 42.8 Å². The van der Waals surface area contributed by atoms with Crippen molar-refractivity contribution in [1.82, 2.24) is 0 Å². The van der Waals surface area contributed by atoms with Gasteiger partial charge in [0.1, 0.15) is 17.1 Å². The summed E-state index contributed by atoms with van der Waals surface area (Å²) >= 11 is 0. The third kappa shape index (κ3) is 3.45. The Morgan fingerprint density at radius 1 is 1.04 bits per heavy atom. The molecule has 5 heteroatoms. The Morgan fingerprint density at radius 2 is 1.72 bits per heavy atom. The van der Waals surface area contributed by atoms with Gasteiger partial charge in [-0.15, -0.1) is 0 Å². The maximum atomic E-state index is 12.3. The van der Waals surface area contributed by atoms with E-state index in [1.165, 1.54) is 6.07 Å². The first kappa shape index (κ1) is 16.5. The molecule has 1 aromatic heterocycles. The van der Waals surface area contributed by atoms with E-state index in [2.05, 4.69) is 6.58 Å². The number of ether oxygens (including phenoxy) is 2. The average Bonchev–Trinajstić information content (AvgIpc) is 2.61. The molecule has 2 aromatic carbocycles. The van der Waals surface area contributed by atoms with E-state index in [9.17, 15) is 9.59 Å². The highest BCUT2D eigenvalue weighted by atomic mass is 16.5. The molecule has 0 spiro atoms. The number of fused-ring (bicyclic) bond motifs is 1. The Hall–Kier alpha value is -3.34. The van der Waals surface area contributed by atoms with Crippen molar-refractivity contribution in [2.45, 2.75) is 6.92 Å². The first-order chi connectivity index (χ1) is 12.0. The molecule has 5 nitrogen and oxygen atoms in total. The standard InChI is InChI=1S/C20H16O5/c1-12(2)19(21)24-16-9-6-14-10-17(20(22)25-18(14)11-16)13-4-7-15(23-3)8-5-13/h4-11H,1H2,2-3H3. The van der Waals surface area contributed by atoms with Crippen LogP contribution in [0.25, 0.3) is 22.1 Å². The second kappa shape index (κ2) is 6.65. The summed E-state index contributed by atoms with van der Waals surface area (Å²) in [4.78, 5) is 23.9. The number of methoxy groups -OCH3 is 1. The van der Waals surface area contributed by atoms with Gasteiger partial charge < -0.3 is 13.9 Å². The maximum Gasteiger partial charge on any atom is 0.344 e. The van der Waals surface area contributed by atoms with Crippen LogP contribution >= 0.6 is 0 Å². The van der Waals surface area contributed by atoms with Crippen molar-refractivity contribution in [2.75, 3.05) is 7.11 Å². The van der Waals surface area contributed by atoms with Gasteiger partial charge >= 0.3 is 11.6 Å². The minimum atomic E-state index is -0.531. The highest BCUT2D eigenvalue weighted by Crippen LogP contribution is 2.26. The van der Waals surface area contributed by atoms with Gasteiger partial charge in [-0.2, -0.15) is 0 Å². The van der Waals surface area contributed by atoms with Crippen molar-refractivity contribution in [3.8, 4) is 22.6 Å². The van der Waals surface area contributed by atoms with Gasteiger partial charge in [-0.3, -0.25) is 0 Å². The molecule has 0 radical (unpaired) electrons. The van der Waals surface area contributed by atoms with Crippen LogP contribution in [0.4, 0.5) is 0 Å². The van der Waals surface area contributed by atoms with Gasteiger partial charge in [0.05, 0.1) is 12.7 Å². The van der Waals surface area contributed by atoms with Gasteiger partial charge in [0.25, 0.3) is 0 Å². The smallest absolute Gasteiger partial charge is 0.344 e. The van der Waals surface area contributed by atoms with Crippen LogP contribution < -0.4 is 15.1 Å². The lowest BCUT2D eigenvalue weighted by Crippen LogP contribution is -2.08. The number of benzene rings is 2. The van der Waals surface area contributed by atoms with Crippen LogP contribution in [0.1, 0.15) is 6.92 Å². The summed E-state index contributed by atoms with van der Waals surface area (Å²) in [7, 11) is 1.58. The van der Waals surface area contributed by atoms with Gasteiger partial charge in [0.2, 0.25) is 0 Å². The summed E-state index contributed by atoms with van der Waals surface area (Å²) in [5.74, 6) is 0.468. The minimum Gasteiger partial charge on any atom is -0.497 e. The van der Waals surface area contributed by atoms with E-state index < -0.39 is 11.6 Å². The summed E-state index contributed by atoms with van der Waals surface area (Å²) in [6.07, 6.45) is 0. The fourth-order valence-electron chi connectivity index (χ4n) is 2.32. The maximum absolute atomic E-state index is 12.3. The molecule has 0 aliphatic carbocycles. The summed E-state index contributed by atoms with van der Waals surface area (Å²) in [6.45, 7) is 5.09. The Kier molecular flexibility index (Phi) is 4.39. The predicted octanol–water partition coefficient (Wildman–Crippen LogP) is 3.95. The van der Waals surface area contributed by atoms with E-state index in [1.54, 1.807) is 56.5 Å². The van der Waals surface area contributed by atoms with Crippen molar-refractivity contribution in [3.63, 3.8) is 0 Å².